The van der Waals surface area contributed by atoms with Gasteiger partial charge in [0.05, 0.1) is 12.7 Å². The van der Waals surface area contributed by atoms with Crippen LogP contribution in [-0.2, 0) is 14.3 Å². The number of carbonyl (C=O) groups excluding carboxylic acids is 1. The highest BCUT2D eigenvalue weighted by Crippen LogP contribution is 2.27. The van der Waals surface area contributed by atoms with E-state index in [4.69, 9.17) is 9.47 Å². The van der Waals surface area contributed by atoms with Gasteiger partial charge in [-0.1, -0.05) is 0 Å². The number of anilines is 1. The zero-order valence-electron chi connectivity index (χ0n) is 12.3. The van der Waals surface area contributed by atoms with Gasteiger partial charge in [0.2, 0.25) is 0 Å². The number of hydrogen-bond acceptors (Lipinski definition) is 4. The standard InChI is InChI=1S/C15H19F2NO4/c1-9(22-8-11-4-2-3-5-21-11)15(20)18-14-12(17)6-10(16)7-13(14)19/h6-7,9,11,19H,2-5,8H2,1H3,(H,18,20). The molecule has 0 bridgehead atoms. The number of rotatable bonds is 5. The van der Waals surface area contributed by atoms with Crippen molar-refractivity contribution in [2.45, 2.75) is 38.4 Å². The molecule has 1 aliphatic rings. The molecule has 1 amide bonds. The van der Waals surface area contributed by atoms with E-state index >= 15 is 0 Å². The van der Waals surface area contributed by atoms with Crippen molar-refractivity contribution < 1.29 is 28.2 Å². The molecule has 1 heterocycles. The Morgan fingerprint density at radius 3 is 2.91 bits per heavy atom. The number of halogens is 2. The van der Waals surface area contributed by atoms with Gasteiger partial charge in [0.1, 0.15) is 23.4 Å². The minimum absolute atomic E-state index is 0.0417. The Bertz CT molecular complexity index is 509. The van der Waals surface area contributed by atoms with E-state index in [1.165, 1.54) is 6.92 Å². The van der Waals surface area contributed by atoms with Crippen LogP contribution in [0.4, 0.5) is 14.5 Å². The SMILES string of the molecule is CC(OCC1CCCCO1)C(=O)Nc1c(O)cc(F)cc1F. The fourth-order valence-electron chi connectivity index (χ4n) is 2.17. The molecule has 1 aromatic carbocycles. The number of phenolic OH excluding ortho intramolecular Hbond substituents is 1. The molecule has 1 saturated heterocycles. The molecule has 0 saturated carbocycles. The van der Waals surface area contributed by atoms with Crippen LogP contribution in [0, 0.1) is 11.6 Å². The lowest BCUT2D eigenvalue weighted by Gasteiger charge is -2.24. The summed E-state index contributed by atoms with van der Waals surface area (Å²) in [5.74, 6) is -3.27. The first kappa shape index (κ1) is 16.6. The predicted octanol–water partition coefficient (Wildman–Crippen LogP) is 2.58. The first-order valence-corrected chi connectivity index (χ1v) is 7.19. The summed E-state index contributed by atoms with van der Waals surface area (Å²) in [6, 6.07) is 1.30. The maximum Gasteiger partial charge on any atom is 0.253 e. The lowest BCUT2D eigenvalue weighted by Crippen LogP contribution is -2.32. The molecule has 122 valence electrons. The number of aromatic hydroxyl groups is 1. The number of hydrogen-bond donors (Lipinski definition) is 2. The Hall–Kier alpha value is -1.73. The van der Waals surface area contributed by atoms with Crippen molar-refractivity contribution in [1.29, 1.82) is 0 Å². The molecule has 2 unspecified atom stereocenters. The molecule has 1 aliphatic heterocycles. The summed E-state index contributed by atoms with van der Waals surface area (Å²) in [5.41, 5.74) is -0.462. The zero-order valence-corrected chi connectivity index (χ0v) is 12.3. The van der Waals surface area contributed by atoms with Gasteiger partial charge in [-0.05, 0) is 26.2 Å². The second-order valence-corrected chi connectivity index (χ2v) is 5.24. The summed E-state index contributed by atoms with van der Waals surface area (Å²) >= 11 is 0. The maximum absolute atomic E-state index is 13.5. The largest absolute Gasteiger partial charge is 0.506 e. The molecule has 0 aromatic heterocycles. The van der Waals surface area contributed by atoms with Crippen LogP contribution in [0.15, 0.2) is 12.1 Å². The van der Waals surface area contributed by atoms with Crippen LogP contribution >= 0.6 is 0 Å². The molecule has 1 aromatic rings. The minimum atomic E-state index is -1.05. The number of amides is 1. The predicted molar refractivity (Wildman–Crippen MR) is 75.7 cm³/mol. The Morgan fingerprint density at radius 1 is 1.50 bits per heavy atom. The van der Waals surface area contributed by atoms with Gasteiger partial charge in [0.15, 0.2) is 5.82 Å². The highest BCUT2D eigenvalue weighted by Gasteiger charge is 2.21. The molecule has 2 atom stereocenters. The maximum atomic E-state index is 13.5. The third-order valence-corrected chi connectivity index (χ3v) is 3.46. The van der Waals surface area contributed by atoms with Crippen molar-refractivity contribution >= 4 is 11.6 Å². The smallest absolute Gasteiger partial charge is 0.253 e. The Labute approximate surface area is 127 Å². The summed E-state index contributed by atoms with van der Waals surface area (Å²) < 4.78 is 37.3. The van der Waals surface area contributed by atoms with Crippen molar-refractivity contribution in [2.75, 3.05) is 18.5 Å². The first-order valence-electron chi connectivity index (χ1n) is 7.19. The lowest BCUT2D eigenvalue weighted by molar-refractivity contribution is -0.130. The van der Waals surface area contributed by atoms with Crippen LogP contribution in [0.3, 0.4) is 0 Å². The number of benzene rings is 1. The Morgan fingerprint density at radius 2 is 2.27 bits per heavy atom. The van der Waals surface area contributed by atoms with E-state index in [2.05, 4.69) is 5.32 Å². The van der Waals surface area contributed by atoms with Gasteiger partial charge in [-0.15, -0.1) is 0 Å². The molecule has 0 radical (unpaired) electrons. The van der Waals surface area contributed by atoms with E-state index in [-0.39, 0.29) is 12.7 Å². The van der Waals surface area contributed by atoms with Crippen LogP contribution in [0.2, 0.25) is 0 Å². The fraction of sp³-hybridized carbons (Fsp3) is 0.533. The van der Waals surface area contributed by atoms with Crippen LogP contribution < -0.4 is 5.32 Å². The van der Waals surface area contributed by atoms with E-state index in [0.29, 0.717) is 12.7 Å². The lowest BCUT2D eigenvalue weighted by atomic mass is 10.1. The average Bonchev–Trinajstić information content (AvgIpc) is 2.49. The average molecular weight is 315 g/mol. The van der Waals surface area contributed by atoms with Crippen molar-refractivity contribution in [3.8, 4) is 5.75 Å². The number of nitrogens with one attached hydrogen (secondary N) is 1. The normalized spacial score (nSPS) is 19.7. The van der Waals surface area contributed by atoms with Gasteiger partial charge in [-0.3, -0.25) is 4.79 Å². The molecule has 2 N–H and O–H groups in total. The molecular formula is C15H19F2NO4. The van der Waals surface area contributed by atoms with Crippen LogP contribution in [0.25, 0.3) is 0 Å². The molecule has 22 heavy (non-hydrogen) atoms. The van der Waals surface area contributed by atoms with Gasteiger partial charge in [0.25, 0.3) is 5.91 Å². The summed E-state index contributed by atoms with van der Waals surface area (Å²) in [7, 11) is 0. The van der Waals surface area contributed by atoms with Crippen molar-refractivity contribution in [3.05, 3.63) is 23.8 Å². The topological polar surface area (TPSA) is 67.8 Å². The van der Waals surface area contributed by atoms with Gasteiger partial charge in [-0.2, -0.15) is 0 Å². The van der Waals surface area contributed by atoms with Crippen molar-refractivity contribution in [2.24, 2.45) is 0 Å². The third-order valence-electron chi connectivity index (χ3n) is 3.46. The van der Waals surface area contributed by atoms with Gasteiger partial charge < -0.3 is 19.9 Å². The Balaban J connectivity index is 1.88. The fourth-order valence-corrected chi connectivity index (χ4v) is 2.17. The molecule has 5 nitrogen and oxygen atoms in total. The minimum Gasteiger partial charge on any atom is -0.506 e. The first-order chi connectivity index (χ1) is 10.5. The number of carbonyl (C=O) groups is 1. The van der Waals surface area contributed by atoms with E-state index in [0.717, 1.165) is 25.3 Å². The Kier molecular flexibility index (Phi) is 5.68. The molecule has 2 rings (SSSR count). The van der Waals surface area contributed by atoms with Gasteiger partial charge in [-0.25, -0.2) is 8.78 Å². The van der Waals surface area contributed by atoms with E-state index in [1.807, 2.05) is 0 Å². The molecule has 1 fully saturated rings. The van der Waals surface area contributed by atoms with Crippen molar-refractivity contribution in [1.82, 2.24) is 0 Å². The summed E-state index contributed by atoms with van der Waals surface area (Å²) in [4.78, 5) is 11.9. The van der Waals surface area contributed by atoms with E-state index in [9.17, 15) is 18.7 Å². The summed E-state index contributed by atoms with van der Waals surface area (Å²) in [5, 5.41) is 11.7. The van der Waals surface area contributed by atoms with Crippen LogP contribution in [-0.4, -0.2) is 36.4 Å². The molecule has 0 spiro atoms. The second kappa shape index (κ2) is 7.51. The van der Waals surface area contributed by atoms with Crippen LogP contribution in [0.5, 0.6) is 5.75 Å². The zero-order chi connectivity index (χ0) is 16.1. The van der Waals surface area contributed by atoms with E-state index in [1.54, 1.807) is 0 Å². The molecule has 7 heteroatoms. The van der Waals surface area contributed by atoms with Gasteiger partial charge >= 0.3 is 0 Å². The third kappa shape index (κ3) is 4.38. The van der Waals surface area contributed by atoms with Crippen molar-refractivity contribution in [3.63, 3.8) is 0 Å². The number of phenols is 1. The van der Waals surface area contributed by atoms with E-state index < -0.39 is 35.1 Å². The van der Waals surface area contributed by atoms with Crippen LogP contribution in [0.1, 0.15) is 26.2 Å². The molecular weight excluding hydrogens is 296 g/mol. The molecule has 0 aliphatic carbocycles. The monoisotopic (exact) mass is 315 g/mol. The quantitative estimate of drug-likeness (QED) is 0.820. The summed E-state index contributed by atoms with van der Waals surface area (Å²) in [6.07, 6.45) is 2.06. The number of ether oxygens (including phenoxy) is 2. The second-order valence-electron chi connectivity index (χ2n) is 5.24. The summed E-state index contributed by atoms with van der Waals surface area (Å²) in [6.45, 7) is 2.46. The highest BCUT2D eigenvalue weighted by molar-refractivity contribution is 5.95. The van der Waals surface area contributed by atoms with Gasteiger partial charge in [0, 0.05) is 18.7 Å². The highest BCUT2D eigenvalue weighted by atomic mass is 19.1.